The molecule has 6 heteroatoms. The van der Waals surface area contributed by atoms with Gasteiger partial charge >= 0.3 is 0 Å². The fraction of sp³-hybridized carbons (Fsp3) is 0.350. The number of aliphatic imine (C=N–C) groups is 1. The molecule has 0 amide bonds. The number of nitrogens with one attached hydrogen (secondary N) is 1. The summed E-state index contributed by atoms with van der Waals surface area (Å²) in [5.74, 6) is 1.83. The van der Waals surface area contributed by atoms with E-state index < -0.39 is 0 Å². The molecule has 0 radical (unpaired) electrons. The van der Waals surface area contributed by atoms with Gasteiger partial charge in [-0.2, -0.15) is 0 Å². The Hall–Kier alpha value is -1.96. The normalized spacial score (nSPS) is 11.5. The number of benzene rings is 2. The molecule has 3 N–H and O–H groups in total. The maximum absolute atomic E-state index is 6.02. The number of guanidine groups is 1. The minimum Gasteiger partial charge on any atom is -0.493 e. The fourth-order valence-electron chi connectivity index (χ4n) is 2.46. The van der Waals surface area contributed by atoms with Crippen LogP contribution in [0, 0.1) is 6.92 Å². The van der Waals surface area contributed by atoms with E-state index in [1.54, 1.807) is 14.2 Å². The van der Waals surface area contributed by atoms with Gasteiger partial charge in [-0.25, -0.2) is 0 Å². The maximum atomic E-state index is 6.02. The van der Waals surface area contributed by atoms with E-state index in [-0.39, 0.29) is 29.4 Å². The molecule has 0 aliphatic heterocycles. The van der Waals surface area contributed by atoms with E-state index in [1.807, 2.05) is 49.4 Å². The van der Waals surface area contributed by atoms with Crippen LogP contribution in [0.5, 0.6) is 11.5 Å². The number of nitrogens with zero attached hydrogens (tertiary/aromatic N) is 1. The summed E-state index contributed by atoms with van der Waals surface area (Å²) < 4.78 is 10.7. The first-order valence-electron chi connectivity index (χ1n) is 8.22. The summed E-state index contributed by atoms with van der Waals surface area (Å²) in [4.78, 5) is 4.50. The molecule has 0 fully saturated rings. The van der Waals surface area contributed by atoms with Crippen molar-refractivity contribution in [1.29, 1.82) is 0 Å². The van der Waals surface area contributed by atoms with Crippen LogP contribution in [0.25, 0.3) is 0 Å². The third-order valence-electron chi connectivity index (χ3n) is 4.13. The Kier molecular flexibility index (Phi) is 8.20. The Morgan fingerprint density at radius 2 is 1.65 bits per heavy atom. The van der Waals surface area contributed by atoms with Gasteiger partial charge in [-0.15, -0.1) is 24.0 Å². The number of hydrogen-bond donors (Lipinski definition) is 2. The van der Waals surface area contributed by atoms with Gasteiger partial charge in [0.25, 0.3) is 0 Å². The minimum absolute atomic E-state index is 0. The van der Waals surface area contributed by atoms with E-state index >= 15 is 0 Å². The average Bonchev–Trinajstić information content (AvgIpc) is 2.61. The van der Waals surface area contributed by atoms with Crippen LogP contribution in [0.1, 0.15) is 25.0 Å². The first-order chi connectivity index (χ1) is 11.9. The number of hydrogen-bond acceptors (Lipinski definition) is 3. The number of aryl methyl sites for hydroxylation is 1. The molecule has 0 bridgehead atoms. The molecule has 0 saturated carbocycles. The largest absolute Gasteiger partial charge is 0.493 e. The monoisotopic (exact) mass is 469 g/mol. The Labute approximate surface area is 173 Å². The van der Waals surface area contributed by atoms with E-state index in [4.69, 9.17) is 15.2 Å². The molecule has 0 aliphatic carbocycles. The van der Waals surface area contributed by atoms with Crippen molar-refractivity contribution < 1.29 is 9.47 Å². The highest BCUT2D eigenvalue weighted by Crippen LogP contribution is 2.33. The Morgan fingerprint density at radius 3 is 2.23 bits per heavy atom. The van der Waals surface area contributed by atoms with Crippen LogP contribution in [0.15, 0.2) is 47.5 Å². The molecular weight excluding hydrogens is 441 g/mol. The van der Waals surface area contributed by atoms with Crippen molar-refractivity contribution in [3.63, 3.8) is 0 Å². The lowest BCUT2D eigenvalue weighted by Gasteiger charge is -2.24. The molecule has 2 aromatic rings. The van der Waals surface area contributed by atoms with E-state index in [1.165, 1.54) is 5.56 Å². The average molecular weight is 469 g/mol. The van der Waals surface area contributed by atoms with Crippen LogP contribution in [-0.2, 0) is 5.41 Å². The van der Waals surface area contributed by atoms with Crippen LogP contribution in [0.3, 0.4) is 0 Å². The molecule has 0 atom stereocenters. The third kappa shape index (κ3) is 5.79. The molecule has 0 aliphatic rings. The smallest absolute Gasteiger partial charge is 0.193 e. The molecule has 26 heavy (non-hydrogen) atoms. The van der Waals surface area contributed by atoms with Crippen molar-refractivity contribution in [2.24, 2.45) is 10.7 Å². The van der Waals surface area contributed by atoms with Gasteiger partial charge in [0.1, 0.15) is 0 Å². The van der Waals surface area contributed by atoms with Gasteiger partial charge in [0, 0.05) is 11.1 Å². The molecule has 2 rings (SSSR count). The summed E-state index contributed by atoms with van der Waals surface area (Å²) >= 11 is 0. The molecular formula is C20H28IN3O2. The van der Waals surface area contributed by atoms with Gasteiger partial charge in [-0.05, 0) is 36.8 Å². The van der Waals surface area contributed by atoms with Gasteiger partial charge in [0.05, 0.1) is 20.8 Å². The number of nitrogens with two attached hydrogens (primary N) is 1. The number of ether oxygens (including phenoxy) is 2. The zero-order valence-corrected chi connectivity index (χ0v) is 18.3. The molecule has 5 nitrogen and oxygen atoms in total. The first kappa shape index (κ1) is 22.1. The Morgan fingerprint density at radius 1 is 1.04 bits per heavy atom. The van der Waals surface area contributed by atoms with Gasteiger partial charge < -0.3 is 20.5 Å². The van der Waals surface area contributed by atoms with Crippen LogP contribution in [0.4, 0.5) is 5.69 Å². The van der Waals surface area contributed by atoms with Crippen LogP contribution in [0.2, 0.25) is 0 Å². The summed E-state index contributed by atoms with van der Waals surface area (Å²) in [6.07, 6.45) is 0. The molecule has 0 aromatic heterocycles. The highest BCUT2D eigenvalue weighted by molar-refractivity contribution is 14.0. The second-order valence-corrected chi connectivity index (χ2v) is 6.65. The summed E-state index contributed by atoms with van der Waals surface area (Å²) in [6, 6.07) is 14.0. The number of anilines is 1. The predicted octanol–water partition coefficient (Wildman–Crippen LogP) is 4.33. The molecule has 0 saturated heterocycles. The zero-order valence-electron chi connectivity index (χ0n) is 16.0. The highest BCUT2D eigenvalue weighted by Gasteiger charge is 2.22. The van der Waals surface area contributed by atoms with E-state index in [0.717, 1.165) is 11.3 Å². The predicted molar refractivity (Wildman–Crippen MR) is 119 cm³/mol. The third-order valence-corrected chi connectivity index (χ3v) is 4.13. The number of methoxy groups -OCH3 is 2. The van der Waals surface area contributed by atoms with Crippen molar-refractivity contribution in [3.8, 4) is 11.5 Å². The second kappa shape index (κ2) is 9.66. The van der Waals surface area contributed by atoms with Crippen LogP contribution < -0.4 is 20.5 Å². The molecule has 2 aromatic carbocycles. The Balaban J connectivity index is 0.00000338. The summed E-state index contributed by atoms with van der Waals surface area (Å²) in [7, 11) is 3.26. The topological polar surface area (TPSA) is 68.9 Å². The van der Waals surface area contributed by atoms with Gasteiger partial charge in [-0.1, -0.05) is 37.6 Å². The van der Waals surface area contributed by atoms with Gasteiger partial charge in [0.2, 0.25) is 0 Å². The number of rotatable bonds is 6. The van der Waals surface area contributed by atoms with Crippen molar-refractivity contribution in [2.45, 2.75) is 26.2 Å². The SMILES string of the molecule is COc1ccc(C(C)(C)CN=C(N)Nc2ccc(C)cc2)cc1OC.I. The van der Waals surface area contributed by atoms with Crippen LogP contribution >= 0.6 is 24.0 Å². The first-order valence-corrected chi connectivity index (χ1v) is 8.22. The van der Waals surface area contributed by atoms with Crippen molar-refractivity contribution in [2.75, 3.05) is 26.1 Å². The minimum atomic E-state index is -0.195. The maximum Gasteiger partial charge on any atom is 0.193 e. The number of halogens is 1. The lowest BCUT2D eigenvalue weighted by molar-refractivity contribution is 0.353. The molecule has 0 heterocycles. The quantitative estimate of drug-likeness (QED) is 0.376. The van der Waals surface area contributed by atoms with Gasteiger partial charge in [0.15, 0.2) is 17.5 Å². The van der Waals surface area contributed by atoms with Crippen molar-refractivity contribution in [1.82, 2.24) is 0 Å². The van der Waals surface area contributed by atoms with Crippen LogP contribution in [-0.4, -0.2) is 26.7 Å². The van der Waals surface area contributed by atoms with E-state index in [2.05, 4.69) is 24.2 Å². The van der Waals surface area contributed by atoms with Crippen molar-refractivity contribution in [3.05, 3.63) is 53.6 Å². The molecule has 142 valence electrons. The summed E-state index contributed by atoms with van der Waals surface area (Å²) in [6.45, 7) is 6.84. The van der Waals surface area contributed by atoms with Gasteiger partial charge in [-0.3, -0.25) is 4.99 Å². The molecule has 0 spiro atoms. The van der Waals surface area contributed by atoms with E-state index in [0.29, 0.717) is 24.0 Å². The zero-order chi connectivity index (χ0) is 18.4. The Bertz CT molecular complexity index is 743. The van der Waals surface area contributed by atoms with E-state index in [9.17, 15) is 0 Å². The summed E-state index contributed by atoms with van der Waals surface area (Å²) in [5, 5.41) is 3.12. The standard InChI is InChI=1S/C20H27N3O2.HI/c1-14-6-9-16(10-7-14)23-19(21)22-13-20(2,3)15-8-11-17(24-4)18(12-15)25-5;/h6-12H,13H2,1-5H3,(H3,21,22,23);1H. The summed E-state index contributed by atoms with van der Waals surface area (Å²) in [5.41, 5.74) is 9.07. The lowest BCUT2D eigenvalue weighted by atomic mass is 9.84. The fourth-order valence-corrected chi connectivity index (χ4v) is 2.46. The van der Waals surface area contributed by atoms with Crippen molar-refractivity contribution >= 4 is 35.6 Å². The lowest BCUT2D eigenvalue weighted by Crippen LogP contribution is -2.27. The molecule has 0 unspecified atom stereocenters. The second-order valence-electron chi connectivity index (χ2n) is 6.65. The highest BCUT2D eigenvalue weighted by atomic mass is 127.